The molecule has 0 aliphatic rings. The summed E-state index contributed by atoms with van der Waals surface area (Å²) in [6, 6.07) is 11.2. The van der Waals surface area contributed by atoms with Crippen LogP contribution in [-0.2, 0) is 0 Å². The molecular weight excluding hydrogens is 274 g/mol. The quantitative estimate of drug-likeness (QED) is 0.774. The van der Waals surface area contributed by atoms with Crippen molar-refractivity contribution in [3.05, 3.63) is 53.3 Å². The van der Waals surface area contributed by atoms with Crippen LogP contribution in [0.2, 0.25) is 5.02 Å². The van der Waals surface area contributed by atoms with Gasteiger partial charge in [0.05, 0.1) is 5.56 Å². The number of aromatic nitrogens is 2. The number of pyridine rings is 1. The van der Waals surface area contributed by atoms with Gasteiger partial charge in [0.25, 0.3) is 0 Å². The van der Waals surface area contributed by atoms with E-state index in [2.05, 4.69) is 10.1 Å². The van der Waals surface area contributed by atoms with E-state index in [-0.39, 0.29) is 0 Å². The predicted octanol–water partition coefficient (Wildman–Crippen LogP) is 3.95. The summed E-state index contributed by atoms with van der Waals surface area (Å²) in [5.41, 5.74) is 9.27. The van der Waals surface area contributed by atoms with Gasteiger partial charge in [0, 0.05) is 22.5 Å². The Morgan fingerprint density at radius 1 is 1.20 bits per heavy atom. The van der Waals surface area contributed by atoms with Crippen LogP contribution in [0.5, 0.6) is 0 Å². The Morgan fingerprint density at radius 2 is 2.05 bits per heavy atom. The van der Waals surface area contributed by atoms with E-state index < -0.39 is 0 Å². The van der Waals surface area contributed by atoms with Crippen molar-refractivity contribution < 1.29 is 4.52 Å². The second-order valence-corrected chi connectivity index (χ2v) is 4.86. The van der Waals surface area contributed by atoms with Gasteiger partial charge in [0.15, 0.2) is 11.6 Å². The highest BCUT2D eigenvalue weighted by molar-refractivity contribution is 6.30. The summed E-state index contributed by atoms with van der Waals surface area (Å²) in [4.78, 5) is 4.26. The van der Waals surface area contributed by atoms with Crippen LogP contribution in [0.15, 0.2) is 47.1 Å². The van der Waals surface area contributed by atoms with Gasteiger partial charge in [-0.2, -0.15) is 0 Å². The number of anilines is 1. The molecule has 2 aromatic heterocycles. The van der Waals surface area contributed by atoms with Crippen molar-refractivity contribution in [2.45, 2.75) is 6.92 Å². The first kappa shape index (κ1) is 12.7. The van der Waals surface area contributed by atoms with Crippen LogP contribution < -0.4 is 5.73 Å². The molecule has 3 rings (SSSR count). The Kier molecular flexibility index (Phi) is 3.16. The number of halogens is 1. The van der Waals surface area contributed by atoms with Gasteiger partial charge >= 0.3 is 0 Å². The van der Waals surface area contributed by atoms with Crippen LogP contribution in [0.1, 0.15) is 5.69 Å². The van der Waals surface area contributed by atoms with Gasteiger partial charge in [0.2, 0.25) is 0 Å². The SMILES string of the molecule is Cc1ncccc1-c1onc(N)c1-c1cccc(Cl)c1. The molecule has 20 heavy (non-hydrogen) atoms. The molecule has 5 heteroatoms. The summed E-state index contributed by atoms with van der Waals surface area (Å²) < 4.78 is 5.40. The predicted molar refractivity (Wildman–Crippen MR) is 79.3 cm³/mol. The number of hydrogen-bond donors (Lipinski definition) is 1. The number of nitrogens with two attached hydrogens (primary N) is 1. The number of nitrogens with zero attached hydrogens (tertiary/aromatic N) is 2. The highest BCUT2D eigenvalue weighted by Gasteiger charge is 2.19. The van der Waals surface area contributed by atoms with E-state index in [1.165, 1.54) is 0 Å². The maximum Gasteiger partial charge on any atom is 0.178 e. The molecule has 2 heterocycles. The second-order valence-electron chi connectivity index (χ2n) is 4.42. The van der Waals surface area contributed by atoms with Crippen molar-refractivity contribution >= 4 is 17.4 Å². The van der Waals surface area contributed by atoms with Crippen LogP contribution in [0, 0.1) is 6.92 Å². The maximum absolute atomic E-state index is 6.04. The number of nitrogen functional groups attached to an aromatic ring is 1. The van der Waals surface area contributed by atoms with Crippen LogP contribution in [0.4, 0.5) is 5.82 Å². The molecule has 0 atom stereocenters. The van der Waals surface area contributed by atoms with E-state index in [9.17, 15) is 0 Å². The van der Waals surface area contributed by atoms with Gasteiger partial charge in [0.1, 0.15) is 0 Å². The van der Waals surface area contributed by atoms with Crippen LogP contribution in [-0.4, -0.2) is 10.1 Å². The molecule has 4 nitrogen and oxygen atoms in total. The average Bonchev–Trinajstić information content (AvgIpc) is 2.81. The maximum atomic E-state index is 6.04. The standard InChI is InChI=1S/C15H12ClN3O/c1-9-12(6-3-7-18-9)14-13(15(17)19-20-14)10-4-2-5-11(16)8-10/h2-8H,1H3,(H2,17,19). The highest BCUT2D eigenvalue weighted by Crippen LogP contribution is 2.37. The van der Waals surface area contributed by atoms with Crippen molar-refractivity contribution in [1.82, 2.24) is 10.1 Å². The Balaban J connectivity index is 2.23. The average molecular weight is 286 g/mol. The molecule has 1 aromatic carbocycles. The molecule has 0 amide bonds. The Hall–Kier alpha value is -2.33. The molecule has 100 valence electrons. The van der Waals surface area contributed by atoms with Crippen LogP contribution in [0.25, 0.3) is 22.5 Å². The van der Waals surface area contributed by atoms with E-state index in [1.807, 2.05) is 43.3 Å². The Morgan fingerprint density at radius 3 is 2.80 bits per heavy atom. The third kappa shape index (κ3) is 2.14. The summed E-state index contributed by atoms with van der Waals surface area (Å²) in [6.45, 7) is 1.91. The number of hydrogen-bond acceptors (Lipinski definition) is 4. The molecule has 0 saturated carbocycles. The summed E-state index contributed by atoms with van der Waals surface area (Å²) >= 11 is 6.04. The second kappa shape index (κ2) is 4.98. The number of rotatable bonds is 2. The molecular formula is C15H12ClN3O. The summed E-state index contributed by atoms with van der Waals surface area (Å²) in [5, 5.41) is 4.51. The van der Waals surface area contributed by atoms with Gasteiger partial charge in [-0.05, 0) is 36.8 Å². The molecule has 3 aromatic rings. The van der Waals surface area contributed by atoms with E-state index in [4.69, 9.17) is 21.9 Å². The lowest BCUT2D eigenvalue weighted by Crippen LogP contribution is -1.90. The fourth-order valence-corrected chi connectivity index (χ4v) is 2.32. The van der Waals surface area contributed by atoms with E-state index in [1.54, 1.807) is 6.20 Å². The van der Waals surface area contributed by atoms with Gasteiger partial charge in [-0.15, -0.1) is 0 Å². The highest BCUT2D eigenvalue weighted by atomic mass is 35.5. The molecule has 0 saturated heterocycles. The molecule has 0 radical (unpaired) electrons. The van der Waals surface area contributed by atoms with Crippen molar-refractivity contribution in [3.63, 3.8) is 0 Å². The van der Waals surface area contributed by atoms with Crippen molar-refractivity contribution in [3.8, 4) is 22.5 Å². The molecule has 0 aliphatic carbocycles. The van der Waals surface area contributed by atoms with E-state index in [0.29, 0.717) is 16.6 Å². The fraction of sp³-hybridized carbons (Fsp3) is 0.0667. The monoisotopic (exact) mass is 285 g/mol. The lowest BCUT2D eigenvalue weighted by atomic mass is 10.0. The van der Waals surface area contributed by atoms with E-state index in [0.717, 1.165) is 22.4 Å². The fourth-order valence-electron chi connectivity index (χ4n) is 2.13. The van der Waals surface area contributed by atoms with Crippen molar-refractivity contribution in [2.75, 3.05) is 5.73 Å². The minimum absolute atomic E-state index is 0.338. The third-order valence-corrected chi connectivity index (χ3v) is 3.32. The molecule has 0 aliphatic heterocycles. The smallest absolute Gasteiger partial charge is 0.178 e. The topological polar surface area (TPSA) is 64.9 Å². The van der Waals surface area contributed by atoms with Crippen molar-refractivity contribution in [1.29, 1.82) is 0 Å². The van der Waals surface area contributed by atoms with Gasteiger partial charge < -0.3 is 10.3 Å². The summed E-state index contributed by atoms with van der Waals surface area (Å²) in [5.74, 6) is 0.945. The first-order valence-electron chi connectivity index (χ1n) is 6.10. The molecule has 0 unspecified atom stereocenters. The van der Waals surface area contributed by atoms with Gasteiger partial charge in [-0.25, -0.2) is 0 Å². The Bertz CT molecular complexity index is 767. The molecule has 0 fully saturated rings. The number of benzene rings is 1. The van der Waals surface area contributed by atoms with E-state index >= 15 is 0 Å². The minimum atomic E-state index is 0.338. The van der Waals surface area contributed by atoms with Crippen molar-refractivity contribution in [2.24, 2.45) is 0 Å². The zero-order valence-corrected chi connectivity index (χ0v) is 11.6. The Labute approximate surface area is 121 Å². The molecule has 0 spiro atoms. The summed E-state index contributed by atoms with van der Waals surface area (Å²) in [7, 11) is 0. The minimum Gasteiger partial charge on any atom is -0.380 e. The number of aryl methyl sites for hydroxylation is 1. The van der Waals surface area contributed by atoms with Gasteiger partial charge in [-0.1, -0.05) is 28.9 Å². The molecule has 0 bridgehead atoms. The first-order valence-corrected chi connectivity index (χ1v) is 6.47. The first-order chi connectivity index (χ1) is 9.66. The largest absolute Gasteiger partial charge is 0.380 e. The molecule has 2 N–H and O–H groups in total. The van der Waals surface area contributed by atoms with Gasteiger partial charge in [-0.3, -0.25) is 4.98 Å². The van der Waals surface area contributed by atoms with Crippen LogP contribution in [0.3, 0.4) is 0 Å². The zero-order valence-electron chi connectivity index (χ0n) is 10.8. The van der Waals surface area contributed by atoms with Crippen LogP contribution >= 0.6 is 11.6 Å². The zero-order chi connectivity index (χ0) is 14.1. The summed E-state index contributed by atoms with van der Waals surface area (Å²) in [6.07, 6.45) is 1.73. The third-order valence-electron chi connectivity index (χ3n) is 3.08. The lowest BCUT2D eigenvalue weighted by molar-refractivity contribution is 0.435. The normalized spacial score (nSPS) is 10.7. The lowest BCUT2D eigenvalue weighted by Gasteiger charge is -2.05.